The number of hydrogen-bond acceptors (Lipinski definition) is 4. The average Bonchev–Trinajstić information content (AvgIpc) is 2.77. The molecule has 0 aliphatic heterocycles. The predicted octanol–water partition coefficient (Wildman–Crippen LogP) is 2.71. The Kier molecular flexibility index (Phi) is 3.39. The van der Waals surface area contributed by atoms with E-state index in [0.29, 0.717) is 17.1 Å². The van der Waals surface area contributed by atoms with Crippen LogP contribution in [0.5, 0.6) is 5.75 Å². The van der Waals surface area contributed by atoms with Gasteiger partial charge in [-0.3, -0.25) is 4.79 Å². The number of anilines is 1. The summed E-state index contributed by atoms with van der Waals surface area (Å²) in [4.78, 5) is 16.0. The van der Waals surface area contributed by atoms with Gasteiger partial charge in [0.2, 0.25) is 0 Å². The van der Waals surface area contributed by atoms with Crippen LogP contribution in [0.15, 0.2) is 29.6 Å². The van der Waals surface area contributed by atoms with Crippen molar-refractivity contribution in [3.05, 3.63) is 40.3 Å². The SMILES string of the molecule is COc1ccccc1NC(=O)c1csc(C)n1. The van der Waals surface area contributed by atoms with Crippen molar-refractivity contribution in [2.75, 3.05) is 12.4 Å². The lowest BCUT2D eigenvalue weighted by Gasteiger charge is -2.08. The van der Waals surface area contributed by atoms with Crippen molar-refractivity contribution < 1.29 is 9.53 Å². The summed E-state index contributed by atoms with van der Waals surface area (Å²) in [6.07, 6.45) is 0. The second kappa shape index (κ2) is 4.97. The van der Waals surface area contributed by atoms with E-state index < -0.39 is 0 Å². The van der Waals surface area contributed by atoms with Gasteiger partial charge in [0.05, 0.1) is 17.8 Å². The second-order valence-corrected chi connectivity index (χ2v) is 4.47. The Morgan fingerprint density at radius 3 is 2.82 bits per heavy atom. The number of nitrogens with one attached hydrogen (secondary N) is 1. The number of ether oxygens (including phenoxy) is 1. The van der Waals surface area contributed by atoms with E-state index in [1.807, 2.05) is 19.1 Å². The molecule has 1 N–H and O–H groups in total. The third-order valence-electron chi connectivity index (χ3n) is 2.21. The summed E-state index contributed by atoms with van der Waals surface area (Å²) < 4.78 is 5.15. The Morgan fingerprint density at radius 1 is 1.41 bits per heavy atom. The maximum atomic E-state index is 11.9. The Hall–Kier alpha value is -1.88. The first-order valence-electron chi connectivity index (χ1n) is 5.07. The van der Waals surface area contributed by atoms with Gasteiger partial charge in [0.25, 0.3) is 5.91 Å². The topological polar surface area (TPSA) is 51.2 Å². The molecule has 1 heterocycles. The monoisotopic (exact) mass is 248 g/mol. The fourth-order valence-electron chi connectivity index (χ4n) is 1.40. The molecule has 0 radical (unpaired) electrons. The Bertz CT molecular complexity index is 537. The molecule has 4 nitrogen and oxygen atoms in total. The van der Waals surface area contributed by atoms with Gasteiger partial charge in [-0.1, -0.05) is 12.1 Å². The van der Waals surface area contributed by atoms with E-state index in [1.54, 1.807) is 24.6 Å². The number of amides is 1. The van der Waals surface area contributed by atoms with Gasteiger partial charge in [-0.05, 0) is 19.1 Å². The van der Waals surface area contributed by atoms with Gasteiger partial charge >= 0.3 is 0 Å². The molecular weight excluding hydrogens is 236 g/mol. The number of methoxy groups -OCH3 is 1. The maximum Gasteiger partial charge on any atom is 0.275 e. The zero-order valence-electron chi connectivity index (χ0n) is 9.56. The molecule has 17 heavy (non-hydrogen) atoms. The number of aryl methyl sites for hydroxylation is 1. The average molecular weight is 248 g/mol. The third-order valence-corrected chi connectivity index (χ3v) is 2.98. The van der Waals surface area contributed by atoms with E-state index in [1.165, 1.54) is 11.3 Å². The highest BCUT2D eigenvalue weighted by Crippen LogP contribution is 2.23. The number of rotatable bonds is 3. The van der Waals surface area contributed by atoms with Crippen molar-refractivity contribution >= 4 is 22.9 Å². The summed E-state index contributed by atoms with van der Waals surface area (Å²) in [5.74, 6) is 0.409. The molecule has 5 heteroatoms. The van der Waals surface area contributed by atoms with E-state index in [2.05, 4.69) is 10.3 Å². The molecular formula is C12H12N2O2S. The van der Waals surface area contributed by atoms with Crippen LogP contribution in [0.4, 0.5) is 5.69 Å². The van der Waals surface area contributed by atoms with Gasteiger partial charge < -0.3 is 10.1 Å². The minimum absolute atomic E-state index is 0.223. The van der Waals surface area contributed by atoms with Crippen LogP contribution in [0, 0.1) is 6.92 Å². The van der Waals surface area contributed by atoms with E-state index in [4.69, 9.17) is 4.74 Å². The van der Waals surface area contributed by atoms with Crippen molar-refractivity contribution in [2.45, 2.75) is 6.92 Å². The molecule has 1 aromatic carbocycles. The summed E-state index contributed by atoms with van der Waals surface area (Å²) >= 11 is 1.45. The number of hydrogen-bond donors (Lipinski definition) is 1. The van der Waals surface area contributed by atoms with Gasteiger partial charge in [0, 0.05) is 5.38 Å². The molecule has 0 unspecified atom stereocenters. The lowest BCUT2D eigenvalue weighted by Crippen LogP contribution is -2.13. The summed E-state index contributed by atoms with van der Waals surface area (Å²) in [6.45, 7) is 1.87. The third kappa shape index (κ3) is 2.62. The fourth-order valence-corrected chi connectivity index (χ4v) is 1.99. The smallest absolute Gasteiger partial charge is 0.275 e. The minimum Gasteiger partial charge on any atom is -0.495 e. The molecule has 0 saturated heterocycles. The van der Waals surface area contributed by atoms with Crippen molar-refractivity contribution in [3.63, 3.8) is 0 Å². The van der Waals surface area contributed by atoms with Crippen LogP contribution in [0.2, 0.25) is 0 Å². The van der Waals surface area contributed by atoms with E-state index in [-0.39, 0.29) is 5.91 Å². The zero-order valence-corrected chi connectivity index (χ0v) is 10.4. The highest BCUT2D eigenvalue weighted by atomic mass is 32.1. The number of para-hydroxylation sites is 2. The zero-order chi connectivity index (χ0) is 12.3. The number of carbonyl (C=O) groups is 1. The molecule has 0 saturated carbocycles. The molecule has 1 amide bonds. The molecule has 0 bridgehead atoms. The lowest BCUT2D eigenvalue weighted by molar-refractivity contribution is 0.102. The van der Waals surface area contributed by atoms with Crippen LogP contribution in [0.3, 0.4) is 0 Å². The number of nitrogens with zero attached hydrogens (tertiary/aromatic N) is 1. The van der Waals surface area contributed by atoms with Crippen LogP contribution < -0.4 is 10.1 Å². The highest BCUT2D eigenvalue weighted by Gasteiger charge is 2.11. The fraction of sp³-hybridized carbons (Fsp3) is 0.167. The van der Waals surface area contributed by atoms with Gasteiger partial charge in [0.1, 0.15) is 11.4 Å². The summed E-state index contributed by atoms with van der Waals surface area (Å²) in [5.41, 5.74) is 1.07. The van der Waals surface area contributed by atoms with Gasteiger partial charge in [-0.15, -0.1) is 11.3 Å². The molecule has 2 aromatic rings. The van der Waals surface area contributed by atoms with Crippen LogP contribution in [0.25, 0.3) is 0 Å². The number of aromatic nitrogens is 1. The van der Waals surface area contributed by atoms with Crippen LogP contribution >= 0.6 is 11.3 Å². The summed E-state index contributed by atoms with van der Waals surface area (Å²) in [7, 11) is 1.57. The minimum atomic E-state index is -0.223. The van der Waals surface area contributed by atoms with Gasteiger partial charge in [0.15, 0.2) is 0 Å². The molecule has 1 aromatic heterocycles. The maximum absolute atomic E-state index is 11.9. The summed E-state index contributed by atoms with van der Waals surface area (Å²) in [6, 6.07) is 7.27. The van der Waals surface area contributed by atoms with Crippen LogP contribution in [0.1, 0.15) is 15.5 Å². The number of thiazole rings is 1. The largest absolute Gasteiger partial charge is 0.495 e. The van der Waals surface area contributed by atoms with E-state index >= 15 is 0 Å². The van der Waals surface area contributed by atoms with Crippen molar-refractivity contribution in [2.24, 2.45) is 0 Å². The number of benzene rings is 1. The predicted molar refractivity (Wildman–Crippen MR) is 67.8 cm³/mol. The molecule has 2 rings (SSSR count). The molecule has 0 aliphatic carbocycles. The lowest BCUT2D eigenvalue weighted by atomic mass is 10.3. The Morgan fingerprint density at radius 2 is 2.18 bits per heavy atom. The number of carbonyl (C=O) groups excluding carboxylic acids is 1. The van der Waals surface area contributed by atoms with Crippen LogP contribution in [-0.4, -0.2) is 18.0 Å². The Balaban J connectivity index is 2.18. The first kappa shape index (κ1) is 11.6. The van der Waals surface area contributed by atoms with Crippen LogP contribution in [-0.2, 0) is 0 Å². The van der Waals surface area contributed by atoms with Gasteiger partial charge in [-0.25, -0.2) is 4.98 Å². The molecule has 0 aliphatic rings. The molecule has 0 atom stereocenters. The van der Waals surface area contributed by atoms with Crippen molar-refractivity contribution in [1.82, 2.24) is 4.98 Å². The Labute approximate surface area is 103 Å². The van der Waals surface area contributed by atoms with Crippen molar-refractivity contribution in [1.29, 1.82) is 0 Å². The molecule has 0 fully saturated rings. The normalized spacial score (nSPS) is 10.0. The summed E-state index contributed by atoms with van der Waals surface area (Å²) in [5, 5.41) is 5.38. The standard InChI is InChI=1S/C12H12N2O2S/c1-8-13-10(7-17-8)12(15)14-9-5-3-4-6-11(9)16-2/h3-7H,1-2H3,(H,14,15). The molecule has 0 spiro atoms. The van der Waals surface area contributed by atoms with E-state index in [0.717, 1.165) is 5.01 Å². The second-order valence-electron chi connectivity index (χ2n) is 3.41. The van der Waals surface area contributed by atoms with E-state index in [9.17, 15) is 4.79 Å². The van der Waals surface area contributed by atoms with Gasteiger partial charge in [-0.2, -0.15) is 0 Å². The first-order chi connectivity index (χ1) is 8.20. The highest BCUT2D eigenvalue weighted by molar-refractivity contribution is 7.09. The quantitative estimate of drug-likeness (QED) is 0.908. The first-order valence-corrected chi connectivity index (χ1v) is 5.95. The molecule has 88 valence electrons. The van der Waals surface area contributed by atoms with Crippen molar-refractivity contribution in [3.8, 4) is 5.75 Å².